The molecule has 1 aromatic heterocycles. The van der Waals surface area contributed by atoms with Gasteiger partial charge in [-0.3, -0.25) is 9.69 Å². The first-order valence-electron chi connectivity index (χ1n) is 10.8. The summed E-state index contributed by atoms with van der Waals surface area (Å²) in [6.45, 7) is 3.61. The molecule has 2 aliphatic heterocycles. The van der Waals surface area contributed by atoms with Crippen LogP contribution in [0.4, 0.5) is 10.1 Å². The highest BCUT2D eigenvalue weighted by atomic mass is 19.1. The zero-order valence-electron chi connectivity index (χ0n) is 17.0. The van der Waals surface area contributed by atoms with E-state index in [0.717, 1.165) is 67.6 Å². The number of hydrogen-bond acceptors (Lipinski definition) is 2. The minimum Gasteiger partial charge on any atom is -0.361 e. The first kappa shape index (κ1) is 19.1. The van der Waals surface area contributed by atoms with E-state index in [2.05, 4.69) is 28.1 Å². The van der Waals surface area contributed by atoms with Crippen molar-refractivity contribution in [2.75, 3.05) is 31.1 Å². The molecule has 0 fully saturated rings. The summed E-state index contributed by atoms with van der Waals surface area (Å²) in [4.78, 5) is 20.1. The summed E-state index contributed by atoms with van der Waals surface area (Å²) in [5.41, 5.74) is 5.73. The van der Waals surface area contributed by atoms with Gasteiger partial charge in [-0.1, -0.05) is 24.3 Å². The predicted octanol–water partition coefficient (Wildman–Crippen LogP) is 4.77. The van der Waals surface area contributed by atoms with Gasteiger partial charge < -0.3 is 9.88 Å². The molecule has 5 heteroatoms. The molecule has 2 aliphatic rings. The lowest BCUT2D eigenvalue weighted by atomic mass is 9.98. The van der Waals surface area contributed by atoms with E-state index in [1.165, 1.54) is 17.2 Å². The molecule has 0 aliphatic carbocycles. The molecule has 0 radical (unpaired) electrons. The normalized spacial score (nSPS) is 17.3. The molecule has 154 valence electrons. The average molecular weight is 404 g/mol. The van der Waals surface area contributed by atoms with Gasteiger partial charge in [0.1, 0.15) is 5.82 Å². The van der Waals surface area contributed by atoms with E-state index >= 15 is 0 Å². The van der Waals surface area contributed by atoms with Crippen molar-refractivity contribution in [3.63, 3.8) is 0 Å². The molecule has 4 nitrogen and oxygen atoms in total. The van der Waals surface area contributed by atoms with Gasteiger partial charge in [-0.25, -0.2) is 4.39 Å². The van der Waals surface area contributed by atoms with Crippen molar-refractivity contribution in [2.45, 2.75) is 25.7 Å². The Morgan fingerprint density at radius 1 is 1.03 bits per heavy atom. The number of hydrogen-bond donors (Lipinski definition) is 1. The zero-order chi connectivity index (χ0) is 20.5. The van der Waals surface area contributed by atoms with Gasteiger partial charge in [0.05, 0.1) is 0 Å². The van der Waals surface area contributed by atoms with Gasteiger partial charge in [0.25, 0.3) is 0 Å². The predicted molar refractivity (Wildman–Crippen MR) is 119 cm³/mol. The van der Waals surface area contributed by atoms with Crippen LogP contribution in [0, 0.1) is 5.82 Å². The van der Waals surface area contributed by atoms with E-state index < -0.39 is 0 Å². The van der Waals surface area contributed by atoms with Gasteiger partial charge in [0, 0.05) is 61.0 Å². The molecule has 3 heterocycles. The number of aromatic nitrogens is 1. The Bertz CT molecular complexity index is 1120. The number of carbonyl (C=O) groups excluding carboxylic acids is 1. The van der Waals surface area contributed by atoms with E-state index in [1.807, 2.05) is 23.2 Å². The number of amides is 1. The highest BCUT2D eigenvalue weighted by molar-refractivity contribution is 5.96. The summed E-state index contributed by atoms with van der Waals surface area (Å²) in [7, 11) is 0. The van der Waals surface area contributed by atoms with E-state index in [-0.39, 0.29) is 11.7 Å². The van der Waals surface area contributed by atoms with E-state index in [4.69, 9.17) is 0 Å². The number of halogens is 1. The number of rotatable bonds is 5. The smallest absolute Gasteiger partial charge is 0.227 e. The van der Waals surface area contributed by atoms with Crippen LogP contribution in [-0.2, 0) is 11.2 Å². The Morgan fingerprint density at radius 3 is 2.80 bits per heavy atom. The van der Waals surface area contributed by atoms with Gasteiger partial charge in [-0.05, 0) is 54.7 Å². The molecule has 5 rings (SSSR count). The molecule has 0 atom stereocenters. The minimum atomic E-state index is -0.199. The lowest BCUT2D eigenvalue weighted by Gasteiger charge is -2.31. The Kier molecular flexibility index (Phi) is 5.13. The van der Waals surface area contributed by atoms with Gasteiger partial charge in [0.2, 0.25) is 5.91 Å². The number of anilines is 1. The molecule has 2 aromatic carbocycles. The Balaban J connectivity index is 1.20. The monoisotopic (exact) mass is 403 g/mol. The number of H-pyrrole nitrogens is 1. The molecule has 30 heavy (non-hydrogen) atoms. The topological polar surface area (TPSA) is 39.3 Å². The second-order valence-corrected chi connectivity index (χ2v) is 8.20. The van der Waals surface area contributed by atoms with Crippen LogP contribution in [0.5, 0.6) is 0 Å². The maximum absolute atomic E-state index is 13.7. The number of para-hydroxylation sites is 1. The molecule has 0 spiro atoms. The maximum atomic E-state index is 13.7. The van der Waals surface area contributed by atoms with Gasteiger partial charge >= 0.3 is 0 Å². The SMILES string of the molecule is O=C1CCc2ccccc2N1CCCN1CC=C(c2c[nH]c3ccc(F)cc23)CC1. The van der Waals surface area contributed by atoms with Gasteiger partial charge in [0.15, 0.2) is 0 Å². The Morgan fingerprint density at radius 2 is 1.93 bits per heavy atom. The van der Waals surface area contributed by atoms with Crippen molar-refractivity contribution >= 4 is 28.1 Å². The van der Waals surface area contributed by atoms with Gasteiger partial charge in [-0.2, -0.15) is 0 Å². The van der Waals surface area contributed by atoms with Crippen molar-refractivity contribution in [1.29, 1.82) is 0 Å². The second-order valence-electron chi connectivity index (χ2n) is 8.20. The summed E-state index contributed by atoms with van der Waals surface area (Å²) in [5.74, 6) is 0.0383. The standard InChI is InChI=1S/C25H26FN3O/c26-20-7-8-23-21(16-20)22(17-27-23)18-10-14-28(15-11-18)12-3-13-29-24-5-2-1-4-19(24)6-9-25(29)30/h1-2,4-5,7-8,10,16-17,27H,3,6,9,11-15H2. The van der Waals surface area contributed by atoms with Crippen LogP contribution in [0.25, 0.3) is 16.5 Å². The number of fused-ring (bicyclic) bond motifs is 2. The van der Waals surface area contributed by atoms with Crippen LogP contribution >= 0.6 is 0 Å². The number of nitrogens with one attached hydrogen (secondary N) is 1. The Labute approximate surface area is 176 Å². The maximum Gasteiger partial charge on any atom is 0.227 e. The van der Waals surface area contributed by atoms with Crippen molar-refractivity contribution in [3.8, 4) is 0 Å². The Hall–Kier alpha value is -2.92. The molecular formula is C25H26FN3O. The minimum absolute atomic E-state index is 0.199. The number of carbonyl (C=O) groups is 1. The first-order valence-corrected chi connectivity index (χ1v) is 10.8. The molecule has 0 unspecified atom stereocenters. The summed E-state index contributed by atoms with van der Waals surface area (Å²) in [6, 6.07) is 13.1. The van der Waals surface area contributed by atoms with E-state index in [1.54, 1.807) is 12.1 Å². The number of aromatic amines is 1. The van der Waals surface area contributed by atoms with Crippen molar-refractivity contribution in [3.05, 3.63) is 71.7 Å². The molecule has 0 bridgehead atoms. The molecule has 1 N–H and O–H groups in total. The zero-order valence-corrected chi connectivity index (χ0v) is 17.0. The molecule has 3 aromatic rings. The quantitative estimate of drug-likeness (QED) is 0.667. The third kappa shape index (κ3) is 3.65. The lowest BCUT2D eigenvalue weighted by Crippen LogP contribution is -2.38. The van der Waals surface area contributed by atoms with Crippen molar-refractivity contribution in [1.82, 2.24) is 9.88 Å². The van der Waals surface area contributed by atoms with Gasteiger partial charge in [-0.15, -0.1) is 0 Å². The van der Waals surface area contributed by atoms with E-state index in [9.17, 15) is 9.18 Å². The molecule has 1 amide bonds. The lowest BCUT2D eigenvalue weighted by molar-refractivity contribution is -0.118. The number of benzene rings is 2. The van der Waals surface area contributed by atoms with Crippen LogP contribution in [0.1, 0.15) is 30.4 Å². The number of aryl methyl sites for hydroxylation is 1. The van der Waals surface area contributed by atoms with Crippen molar-refractivity contribution < 1.29 is 9.18 Å². The fourth-order valence-electron chi connectivity index (χ4n) is 4.71. The third-order valence-corrected chi connectivity index (χ3v) is 6.33. The van der Waals surface area contributed by atoms with Crippen LogP contribution in [0.2, 0.25) is 0 Å². The van der Waals surface area contributed by atoms with Crippen LogP contribution in [0.15, 0.2) is 54.7 Å². The largest absolute Gasteiger partial charge is 0.361 e. The van der Waals surface area contributed by atoms with Crippen molar-refractivity contribution in [2.24, 2.45) is 0 Å². The number of nitrogens with zero attached hydrogens (tertiary/aromatic N) is 2. The summed E-state index contributed by atoms with van der Waals surface area (Å²) in [6.07, 6.45) is 7.63. The summed E-state index contributed by atoms with van der Waals surface area (Å²) < 4.78 is 13.7. The van der Waals surface area contributed by atoms with Crippen LogP contribution in [0.3, 0.4) is 0 Å². The summed E-state index contributed by atoms with van der Waals surface area (Å²) in [5, 5.41) is 0.956. The molecular weight excluding hydrogens is 377 g/mol. The van der Waals surface area contributed by atoms with Crippen LogP contribution < -0.4 is 4.90 Å². The molecule has 0 saturated carbocycles. The average Bonchev–Trinajstić information content (AvgIpc) is 3.19. The first-order chi connectivity index (χ1) is 14.7. The second kappa shape index (κ2) is 8.07. The molecule has 0 saturated heterocycles. The fourth-order valence-corrected chi connectivity index (χ4v) is 4.71. The van der Waals surface area contributed by atoms with Crippen LogP contribution in [-0.4, -0.2) is 42.0 Å². The highest BCUT2D eigenvalue weighted by Gasteiger charge is 2.23. The summed E-state index contributed by atoms with van der Waals surface area (Å²) >= 11 is 0. The third-order valence-electron chi connectivity index (χ3n) is 6.33. The fraction of sp³-hybridized carbons (Fsp3) is 0.320. The highest BCUT2D eigenvalue weighted by Crippen LogP contribution is 2.30. The van der Waals surface area contributed by atoms with E-state index in [0.29, 0.717) is 6.42 Å².